The number of hydrogen-bond donors (Lipinski definition) is 1. The van der Waals surface area contributed by atoms with E-state index in [1.54, 1.807) is 0 Å². The lowest BCUT2D eigenvalue weighted by Crippen LogP contribution is -2.44. The van der Waals surface area contributed by atoms with Gasteiger partial charge in [-0.05, 0) is 84.4 Å². The number of carboxylic acids is 1. The fourth-order valence-corrected chi connectivity index (χ4v) is 6.47. The van der Waals surface area contributed by atoms with E-state index in [1.165, 1.54) is 35.3 Å². The standard InChI is InChI=1S/C36H38N2O3/c1-27(23-35(39)40)30-15-17-32(18-16-30)41-25-29-13-11-28(12-14-29)24-37-21-19-36(20-22-37)26-38(31-7-3-2-4-8-31)34-10-6-5-9-33(34)36/h2-18,27H,19-26H2,1H3,(H,39,40). The summed E-state index contributed by atoms with van der Waals surface area (Å²) in [5.74, 6) is -0.000328. The van der Waals surface area contributed by atoms with Crippen molar-refractivity contribution in [3.8, 4) is 5.75 Å². The molecule has 2 heterocycles. The zero-order chi connectivity index (χ0) is 28.2. The van der Waals surface area contributed by atoms with Crippen LogP contribution < -0.4 is 9.64 Å². The molecule has 0 aromatic heterocycles. The molecular formula is C36H38N2O3. The van der Waals surface area contributed by atoms with Crippen molar-refractivity contribution in [3.63, 3.8) is 0 Å². The van der Waals surface area contributed by atoms with Crippen molar-refractivity contribution in [2.45, 2.75) is 50.7 Å². The molecule has 0 radical (unpaired) electrons. The van der Waals surface area contributed by atoms with Gasteiger partial charge in [-0.15, -0.1) is 0 Å². The highest BCUT2D eigenvalue weighted by Crippen LogP contribution is 2.49. The number of benzene rings is 4. The van der Waals surface area contributed by atoms with E-state index < -0.39 is 5.97 Å². The SMILES string of the molecule is CC(CC(=O)O)c1ccc(OCc2ccc(CN3CCC4(CC3)CN(c3ccccc3)c3ccccc34)cc2)cc1. The molecule has 2 aliphatic rings. The molecule has 2 aliphatic heterocycles. The van der Waals surface area contributed by atoms with Crippen molar-refractivity contribution in [3.05, 3.63) is 125 Å². The molecule has 1 saturated heterocycles. The van der Waals surface area contributed by atoms with Crippen LogP contribution in [0, 0.1) is 0 Å². The van der Waals surface area contributed by atoms with Crippen LogP contribution >= 0.6 is 0 Å². The van der Waals surface area contributed by atoms with Crippen LogP contribution in [0.2, 0.25) is 0 Å². The lowest BCUT2D eigenvalue weighted by atomic mass is 9.74. The molecule has 4 aromatic rings. The minimum atomic E-state index is -0.778. The lowest BCUT2D eigenvalue weighted by molar-refractivity contribution is -0.137. The monoisotopic (exact) mass is 546 g/mol. The molecule has 1 unspecified atom stereocenters. The Morgan fingerprint density at radius 1 is 0.854 bits per heavy atom. The predicted molar refractivity (Wildman–Crippen MR) is 164 cm³/mol. The summed E-state index contributed by atoms with van der Waals surface area (Å²) in [7, 11) is 0. The van der Waals surface area contributed by atoms with E-state index in [4.69, 9.17) is 9.84 Å². The summed E-state index contributed by atoms with van der Waals surface area (Å²) in [6.45, 7) is 6.67. The Morgan fingerprint density at radius 2 is 1.51 bits per heavy atom. The van der Waals surface area contributed by atoms with Crippen molar-refractivity contribution in [2.75, 3.05) is 24.5 Å². The van der Waals surface area contributed by atoms with Gasteiger partial charge in [-0.2, -0.15) is 0 Å². The number of piperidine rings is 1. The average Bonchev–Trinajstić information content (AvgIpc) is 3.32. The summed E-state index contributed by atoms with van der Waals surface area (Å²) in [4.78, 5) is 16.1. The maximum Gasteiger partial charge on any atom is 0.303 e. The van der Waals surface area contributed by atoms with E-state index in [1.807, 2.05) is 31.2 Å². The number of carboxylic acid groups (broad SMARTS) is 1. The van der Waals surface area contributed by atoms with Crippen LogP contribution in [0.5, 0.6) is 5.75 Å². The molecule has 1 spiro atoms. The molecule has 0 bridgehead atoms. The molecule has 41 heavy (non-hydrogen) atoms. The predicted octanol–water partition coefficient (Wildman–Crippen LogP) is 7.53. The highest BCUT2D eigenvalue weighted by Gasteiger charge is 2.44. The number of fused-ring (bicyclic) bond motifs is 2. The van der Waals surface area contributed by atoms with Gasteiger partial charge in [0, 0.05) is 29.9 Å². The molecule has 4 aromatic carbocycles. The minimum Gasteiger partial charge on any atom is -0.489 e. The van der Waals surface area contributed by atoms with Crippen LogP contribution in [0.4, 0.5) is 11.4 Å². The van der Waals surface area contributed by atoms with E-state index in [2.05, 4.69) is 88.7 Å². The van der Waals surface area contributed by atoms with Crippen LogP contribution in [0.15, 0.2) is 103 Å². The van der Waals surface area contributed by atoms with Gasteiger partial charge in [0.15, 0.2) is 0 Å². The minimum absolute atomic E-state index is 0.0162. The summed E-state index contributed by atoms with van der Waals surface area (Å²) in [5.41, 5.74) is 7.86. The van der Waals surface area contributed by atoms with Crippen LogP contribution in [-0.2, 0) is 23.4 Å². The Hall–Kier alpha value is -4.09. The zero-order valence-electron chi connectivity index (χ0n) is 23.7. The van der Waals surface area contributed by atoms with Gasteiger partial charge in [-0.3, -0.25) is 9.69 Å². The zero-order valence-corrected chi connectivity index (χ0v) is 23.7. The van der Waals surface area contributed by atoms with Gasteiger partial charge < -0.3 is 14.7 Å². The second-order valence-corrected chi connectivity index (χ2v) is 11.7. The number of rotatable bonds is 9. The number of para-hydroxylation sites is 2. The van der Waals surface area contributed by atoms with Gasteiger partial charge in [0.2, 0.25) is 0 Å². The Kier molecular flexibility index (Phi) is 7.80. The van der Waals surface area contributed by atoms with Crippen LogP contribution in [0.1, 0.15) is 54.4 Å². The molecule has 5 nitrogen and oxygen atoms in total. The first-order valence-electron chi connectivity index (χ1n) is 14.7. The van der Waals surface area contributed by atoms with Crippen molar-refractivity contribution in [1.29, 1.82) is 0 Å². The van der Waals surface area contributed by atoms with Gasteiger partial charge in [-0.1, -0.05) is 79.7 Å². The summed E-state index contributed by atoms with van der Waals surface area (Å²) in [6, 6.07) is 36.3. The summed E-state index contributed by atoms with van der Waals surface area (Å²) in [6.07, 6.45) is 2.48. The average molecular weight is 547 g/mol. The number of likely N-dealkylation sites (tertiary alicyclic amines) is 1. The Bertz CT molecular complexity index is 1460. The second kappa shape index (κ2) is 11.8. The number of carbonyl (C=O) groups is 1. The highest BCUT2D eigenvalue weighted by atomic mass is 16.5. The Morgan fingerprint density at radius 3 is 2.22 bits per heavy atom. The normalized spacial score (nSPS) is 16.9. The van der Waals surface area contributed by atoms with Gasteiger partial charge in [0.05, 0.1) is 6.42 Å². The number of hydrogen-bond acceptors (Lipinski definition) is 4. The first kappa shape index (κ1) is 27.1. The first-order chi connectivity index (χ1) is 20.0. The molecule has 1 atom stereocenters. The molecular weight excluding hydrogens is 508 g/mol. The van der Waals surface area contributed by atoms with Gasteiger partial charge in [0.1, 0.15) is 12.4 Å². The van der Waals surface area contributed by atoms with Crippen molar-refractivity contribution < 1.29 is 14.6 Å². The maximum absolute atomic E-state index is 11.0. The third-order valence-corrected chi connectivity index (χ3v) is 8.87. The fraction of sp³-hybridized carbons (Fsp3) is 0.306. The van der Waals surface area contributed by atoms with Crippen LogP contribution in [0.25, 0.3) is 0 Å². The molecule has 0 saturated carbocycles. The van der Waals surface area contributed by atoms with Gasteiger partial charge >= 0.3 is 5.97 Å². The summed E-state index contributed by atoms with van der Waals surface area (Å²) in [5, 5.41) is 9.01. The number of aliphatic carboxylic acids is 1. The maximum atomic E-state index is 11.0. The van der Waals surface area contributed by atoms with Crippen molar-refractivity contribution in [2.24, 2.45) is 0 Å². The third kappa shape index (κ3) is 6.01. The number of ether oxygens (including phenoxy) is 1. The van der Waals surface area contributed by atoms with Gasteiger partial charge in [0.25, 0.3) is 0 Å². The molecule has 1 fully saturated rings. The van der Waals surface area contributed by atoms with E-state index in [9.17, 15) is 4.79 Å². The van der Waals surface area contributed by atoms with Crippen molar-refractivity contribution in [1.82, 2.24) is 4.90 Å². The largest absolute Gasteiger partial charge is 0.489 e. The van der Waals surface area contributed by atoms with Crippen molar-refractivity contribution >= 4 is 17.3 Å². The van der Waals surface area contributed by atoms with E-state index in [0.717, 1.165) is 43.1 Å². The van der Waals surface area contributed by atoms with Gasteiger partial charge in [-0.25, -0.2) is 0 Å². The smallest absolute Gasteiger partial charge is 0.303 e. The molecule has 0 aliphatic carbocycles. The molecule has 6 rings (SSSR count). The van der Waals surface area contributed by atoms with Crippen LogP contribution in [0.3, 0.4) is 0 Å². The molecule has 0 amide bonds. The second-order valence-electron chi connectivity index (χ2n) is 11.7. The Balaban J connectivity index is 1.02. The van der Waals surface area contributed by atoms with E-state index in [0.29, 0.717) is 6.61 Å². The third-order valence-electron chi connectivity index (χ3n) is 8.87. The van der Waals surface area contributed by atoms with E-state index >= 15 is 0 Å². The highest BCUT2D eigenvalue weighted by molar-refractivity contribution is 5.72. The van der Waals surface area contributed by atoms with E-state index in [-0.39, 0.29) is 17.8 Å². The fourth-order valence-electron chi connectivity index (χ4n) is 6.47. The molecule has 5 heteroatoms. The Labute approximate surface area is 243 Å². The first-order valence-corrected chi connectivity index (χ1v) is 14.7. The summed E-state index contributed by atoms with van der Waals surface area (Å²) < 4.78 is 5.99. The molecule has 210 valence electrons. The number of nitrogens with zero attached hydrogens (tertiary/aromatic N) is 2. The molecule has 1 N–H and O–H groups in total. The number of anilines is 2. The topological polar surface area (TPSA) is 53.0 Å². The quantitative estimate of drug-likeness (QED) is 0.235. The lowest BCUT2D eigenvalue weighted by Gasteiger charge is -2.40. The summed E-state index contributed by atoms with van der Waals surface area (Å²) >= 11 is 0. The van der Waals surface area contributed by atoms with Crippen LogP contribution in [-0.4, -0.2) is 35.6 Å².